The molecule has 2 aromatic carbocycles. The Bertz CT molecular complexity index is 1040. The molecule has 0 amide bonds. The molecule has 0 spiro atoms. The van der Waals surface area contributed by atoms with Gasteiger partial charge in [-0.3, -0.25) is 0 Å². The summed E-state index contributed by atoms with van der Waals surface area (Å²) in [6.45, 7) is 0.708. The molecule has 0 fully saturated rings. The Kier molecular flexibility index (Phi) is 4.60. The predicted molar refractivity (Wildman–Crippen MR) is 103 cm³/mol. The van der Waals surface area contributed by atoms with Gasteiger partial charge in [0, 0.05) is 41.3 Å². The van der Waals surface area contributed by atoms with Gasteiger partial charge in [-0.15, -0.1) is 0 Å². The Labute approximate surface area is 160 Å². The molecular formula is C19H16BrN3O2S. The van der Waals surface area contributed by atoms with Gasteiger partial charge in [0.2, 0.25) is 10.0 Å². The predicted octanol–water partition coefficient (Wildman–Crippen LogP) is 3.65. The van der Waals surface area contributed by atoms with Gasteiger partial charge in [0.05, 0.1) is 10.6 Å². The summed E-state index contributed by atoms with van der Waals surface area (Å²) in [6, 6.07) is 16.5. The van der Waals surface area contributed by atoms with E-state index in [4.69, 9.17) is 0 Å². The number of hydrogen-bond donors (Lipinski definition) is 0. The monoisotopic (exact) mass is 429 g/mol. The van der Waals surface area contributed by atoms with E-state index < -0.39 is 10.0 Å². The fourth-order valence-electron chi connectivity index (χ4n) is 2.98. The van der Waals surface area contributed by atoms with Crippen LogP contribution < -0.4 is 0 Å². The zero-order chi connectivity index (χ0) is 18.1. The van der Waals surface area contributed by atoms with E-state index in [1.54, 1.807) is 30.5 Å². The third-order valence-electron chi connectivity index (χ3n) is 4.38. The molecule has 0 aliphatic carbocycles. The molecule has 132 valence electrons. The second-order valence-electron chi connectivity index (χ2n) is 6.07. The largest absolute Gasteiger partial charge is 0.243 e. The van der Waals surface area contributed by atoms with Gasteiger partial charge in [0.25, 0.3) is 0 Å². The average molecular weight is 430 g/mol. The van der Waals surface area contributed by atoms with Crippen molar-refractivity contribution in [1.29, 1.82) is 0 Å². The third kappa shape index (κ3) is 3.30. The number of aromatic nitrogens is 2. The van der Waals surface area contributed by atoms with Crippen LogP contribution >= 0.6 is 15.9 Å². The van der Waals surface area contributed by atoms with Gasteiger partial charge in [-0.05, 0) is 24.3 Å². The highest BCUT2D eigenvalue weighted by atomic mass is 79.9. The van der Waals surface area contributed by atoms with Crippen molar-refractivity contribution >= 4 is 26.0 Å². The molecule has 0 N–H and O–H groups in total. The Morgan fingerprint density at radius 2 is 1.73 bits per heavy atom. The number of hydrogen-bond acceptors (Lipinski definition) is 4. The normalized spacial score (nSPS) is 14.8. The summed E-state index contributed by atoms with van der Waals surface area (Å²) in [5.41, 5.74) is 2.73. The summed E-state index contributed by atoms with van der Waals surface area (Å²) in [7, 11) is -3.53. The minimum Gasteiger partial charge on any atom is -0.236 e. The van der Waals surface area contributed by atoms with E-state index in [1.807, 2.05) is 30.3 Å². The molecule has 3 aromatic rings. The highest BCUT2D eigenvalue weighted by molar-refractivity contribution is 9.10. The van der Waals surface area contributed by atoms with E-state index in [0.29, 0.717) is 30.2 Å². The van der Waals surface area contributed by atoms with Crippen LogP contribution in [0.5, 0.6) is 0 Å². The number of sulfonamides is 1. The maximum absolute atomic E-state index is 12.9. The second-order valence-corrected chi connectivity index (χ2v) is 8.93. The number of halogens is 1. The minimum absolute atomic E-state index is 0.294. The highest BCUT2D eigenvalue weighted by Crippen LogP contribution is 2.26. The lowest BCUT2D eigenvalue weighted by molar-refractivity contribution is 0.387. The number of rotatable bonds is 3. The maximum Gasteiger partial charge on any atom is 0.243 e. The zero-order valence-electron chi connectivity index (χ0n) is 13.8. The first-order valence-electron chi connectivity index (χ1n) is 8.20. The van der Waals surface area contributed by atoms with Crippen molar-refractivity contribution in [2.75, 3.05) is 6.54 Å². The van der Waals surface area contributed by atoms with Crippen molar-refractivity contribution in [3.05, 3.63) is 76.5 Å². The molecule has 0 atom stereocenters. The Hall–Kier alpha value is -2.09. The van der Waals surface area contributed by atoms with Crippen LogP contribution in [0.1, 0.15) is 11.3 Å². The fraction of sp³-hybridized carbons (Fsp3) is 0.158. The van der Waals surface area contributed by atoms with Crippen LogP contribution in [-0.2, 0) is 23.0 Å². The summed E-state index contributed by atoms with van der Waals surface area (Å²) in [4.78, 5) is 9.37. The van der Waals surface area contributed by atoms with E-state index in [-0.39, 0.29) is 0 Å². The molecule has 0 saturated heterocycles. The van der Waals surface area contributed by atoms with E-state index in [1.165, 1.54) is 4.31 Å². The van der Waals surface area contributed by atoms with Crippen molar-refractivity contribution in [1.82, 2.24) is 14.3 Å². The molecule has 1 aliphatic rings. The summed E-state index contributed by atoms with van der Waals surface area (Å²) in [5, 5.41) is 0. The quantitative estimate of drug-likeness (QED) is 0.637. The first-order valence-corrected chi connectivity index (χ1v) is 10.4. The zero-order valence-corrected chi connectivity index (χ0v) is 16.2. The highest BCUT2D eigenvalue weighted by Gasteiger charge is 2.29. The molecule has 1 aliphatic heterocycles. The SMILES string of the molecule is O=S(=O)(c1ccc(Br)cc1)N1CCc2nc(-c3ccccc3)ncc2C1. The molecule has 0 radical (unpaired) electrons. The molecule has 2 heterocycles. The van der Waals surface area contributed by atoms with Gasteiger partial charge in [-0.1, -0.05) is 46.3 Å². The second kappa shape index (κ2) is 6.90. The third-order valence-corrected chi connectivity index (χ3v) is 6.77. The van der Waals surface area contributed by atoms with Crippen LogP contribution in [0, 0.1) is 0 Å². The molecule has 0 bridgehead atoms. The van der Waals surface area contributed by atoms with Crippen molar-refractivity contribution in [2.45, 2.75) is 17.9 Å². The van der Waals surface area contributed by atoms with Gasteiger partial charge in [-0.25, -0.2) is 18.4 Å². The average Bonchev–Trinajstić information content (AvgIpc) is 2.68. The van der Waals surface area contributed by atoms with Gasteiger partial charge >= 0.3 is 0 Å². The van der Waals surface area contributed by atoms with E-state index in [9.17, 15) is 8.42 Å². The number of benzene rings is 2. The minimum atomic E-state index is -3.53. The van der Waals surface area contributed by atoms with Crippen molar-refractivity contribution in [3.63, 3.8) is 0 Å². The number of fused-ring (bicyclic) bond motifs is 1. The van der Waals surface area contributed by atoms with Crippen LogP contribution in [0.15, 0.2) is 70.2 Å². The molecule has 0 saturated carbocycles. The lowest BCUT2D eigenvalue weighted by Gasteiger charge is -2.27. The smallest absolute Gasteiger partial charge is 0.236 e. The summed E-state index contributed by atoms with van der Waals surface area (Å²) in [5.74, 6) is 0.675. The standard InChI is InChI=1S/C19H16BrN3O2S/c20-16-6-8-17(9-7-16)26(24,25)23-11-10-18-15(13-23)12-21-19(22-18)14-4-2-1-3-5-14/h1-9,12H,10-11,13H2. The lowest BCUT2D eigenvalue weighted by Crippen LogP contribution is -2.36. The lowest BCUT2D eigenvalue weighted by atomic mass is 10.1. The molecule has 1 aromatic heterocycles. The van der Waals surface area contributed by atoms with Gasteiger partial charge < -0.3 is 0 Å². The van der Waals surface area contributed by atoms with Crippen molar-refractivity contribution < 1.29 is 8.42 Å². The fourth-order valence-corrected chi connectivity index (χ4v) is 4.66. The van der Waals surface area contributed by atoms with Crippen LogP contribution in [0.3, 0.4) is 0 Å². The Morgan fingerprint density at radius 1 is 1.00 bits per heavy atom. The molecule has 26 heavy (non-hydrogen) atoms. The molecule has 4 rings (SSSR count). The van der Waals surface area contributed by atoms with Gasteiger partial charge in [-0.2, -0.15) is 4.31 Å². The van der Waals surface area contributed by atoms with Crippen molar-refractivity contribution in [2.24, 2.45) is 0 Å². The molecule has 5 nitrogen and oxygen atoms in total. The topological polar surface area (TPSA) is 63.2 Å². The Balaban J connectivity index is 1.61. The summed E-state index contributed by atoms with van der Waals surface area (Å²) < 4.78 is 28.1. The maximum atomic E-state index is 12.9. The summed E-state index contributed by atoms with van der Waals surface area (Å²) >= 11 is 3.33. The van der Waals surface area contributed by atoms with Crippen LogP contribution in [0.4, 0.5) is 0 Å². The van der Waals surface area contributed by atoms with E-state index in [2.05, 4.69) is 25.9 Å². The summed E-state index contributed by atoms with van der Waals surface area (Å²) in [6.07, 6.45) is 2.32. The van der Waals surface area contributed by atoms with Crippen LogP contribution in [0.2, 0.25) is 0 Å². The molecule has 0 unspecified atom stereocenters. The Morgan fingerprint density at radius 3 is 2.46 bits per heavy atom. The van der Waals surface area contributed by atoms with Gasteiger partial charge in [0.1, 0.15) is 0 Å². The van der Waals surface area contributed by atoms with Gasteiger partial charge in [0.15, 0.2) is 5.82 Å². The molecule has 7 heteroatoms. The first-order chi connectivity index (χ1) is 12.5. The van der Waals surface area contributed by atoms with Crippen LogP contribution in [0.25, 0.3) is 11.4 Å². The van der Waals surface area contributed by atoms with Crippen molar-refractivity contribution in [3.8, 4) is 11.4 Å². The number of nitrogens with zero attached hydrogens (tertiary/aromatic N) is 3. The molecular weight excluding hydrogens is 414 g/mol. The van der Waals surface area contributed by atoms with Crippen LogP contribution in [-0.4, -0.2) is 29.2 Å². The van der Waals surface area contributed by atoms with E-state index >= 15 is 0 Å². The van der Waals surface area contributed by atoms with E-state index in [0.717, 1.165) is 21.3 Å². The first kappa shape index (κ1) is 17.3.